The third kappa shape index (κ3) is 5.20. The van der Waals surface area contributed by atoms with Gasteiger partial charge in [0.2, 0.25) is 0 Å². The summed E-state index contributed by atoms with van der Waals surface area (Å²) >= 11 is 0. The molecule has 0 aliphatic carbocycles. The summed E-state index contributed by atoms with van der Waals surface area (Å²) in [5.74, 6) is 0.662. The van der Waals surface area contributed by atoms with Crippen molar-refractivity contribution in [3.8, 4) is 5.75 Å². The van der Waals surface area contributed by atoms with Gasteiger partial charge >= 0.3 is 0 Å². The lowest BCUT2D eigenvalue weighted by atomic mass is 10.2. The maximum atomic E-state index is 12.7. The van der Waals surface area contributed by atoms with Gasteiger partial charge < -0.3 is 24.4 Å². The average Bonchev–Trinajstić information content (AvgIpc) is 2.56. The Hall–Kier alpha value is -1.63. The zero-order valence-corrected chi connectivity index (χ0v) is 13.9. The highest BCUT2D eigenvalue weighted by molar-refractivity contribution is 5.81. The van der Waals surface area contributed by atoms with E-state index in [1.54, 1.807) is 6.92 Å². The van der Waals surface area contributed by atoms with Crippen LogP contribution in [0.5, 0.6) is 5.75 Å². The second-order valence-corrected chi connectivity index (χ2v) is 5.82. The molecule has 1 aromatic carbocycles. The van der Waals surface area contributed by atoms with Crippen LogP contribution in [0.25, 0.3) is 0 Å². The number of hydrogen-bond acceptors (Lipinski definition) is 5. The number of aliphatic hydroxyl groups excluding tert-OH is 1. The molecule has 1 aliphatic heterocycles. The van der Waals surface area contributed by atoms with Crippen LogP contribution >= 0.6 is 0 Å². The molecule has 23 heavy (non-hydrogen) atoms. The van der Waals surface area contributed by atoms with E-state index in [2.05, 4.69) is 0 Å². The minimum absolute atomic E-state index is 0.0189. The predicted octanol–water partition coefficient (Wildman–Crippen LogP) is 0.605. The van der Waals surface area contributed by atoms with E-state index in [0.717, 1.165) is 0 Å². The molecule has 0 aromatic heterocycles. The Morgan fingerprint density at radius 1 is 1.48 bits per heavy atom. The number of ether oxygens (including phenoxy) is 2. The quantitative estimate of drug-likeness (QED) is 0.797. The van der Waals surface area contributed by atoms with Crippen LogP contribution in [0.3, 0.4) is 0 Å². The van der Waals surface area contributed by atoms with Crippen molar-refractivity contribution < 1.29 is 19.4 Å². The largest absolute Gasteiger partial charge is 0.481 e. The molecule has 0 spiro atoms. The monoisotopic (exact) mass is 322 g/mol. The minimum Gasteiger partial charge on any atom is -0.481 e. The van der Waals surface area contributed by atoms with Crippen molar-refractivity contribution in [2.45, 2.75) is 19.1 Å². The topological polar surface area (TPSA) is 62.2 Å². The second kappa shape index (κ2) is 8.86. The van der Waals surface area contributed by atoms with Gasteiger partial charge in [0.15, 0.2) is 6.10 Å². The Kier molecular flexibility index (Phi) is 6.83. The first-order valence-electron chi connectivity index (χ1n) is 8.01. The molecule has 6 heteroatoms. The van der Waals surface area contributed by atoms with Gasteiger partial charge in [-0.25, -0.2) is 0 Å². The Labute approximate surface area is 137 Å². The molecule has 0 unspecified atom stereocenters. The summed E-state index contributed by atoms with van der Waals surface area (Å²) in [5.41, 5.74) is 0. The van der Waals surface area contributed by atoms with Crippen molar-refractivity contribution in [2.75, 3.05) is 46.5 Å². The molecule has 1 N–H and O–H groups in total. The van der Waals surface area contributed by atoms with Gasteiger partial charge in [0.1, 0.15) is 5.75 Å². The lowest BCUT2D eigenvalue weighted by molar-refractivity contribution is -0.147. The third-order valence-corrected chi connectivity index (χ3v) is 3.92. The van der Waals surface area contributed by atoms with Crippen LogP contribution in [0.4, 0.5) is 0 Å². The Bertz CT molecular complexity index is 483. The van der Waals surface area contributed by atoms with Gasteiger partial charge in [-0.15, -0.1) is 0 Å². The number of carbonyl (C=O) groups is 1. The van der Waals surface area contributed by atoms with E-state index in [1.807, 2.05) is 47.2 Å². The van der Waals surface area contributed by atoms with Crippen molar-refractivity contribution >= 4 is 5.91 Å². The fourth-order valence-electron chi connectivity index (χ4n) is 2.71. The fraction of sp³-hybridized carbons (Fsp3) is 0.588. The molecule has 128 valence electrons. The maximum absolute atomic E-state index is 12.7. The average molecular weight is 322 g/mol. The molecule has 6 nitrogen and oxygen atoms in total. The number of benzene rings is 1. The Morgan fingerprint density at radius 2 is 2.22 bits per heavy atom. The van der Waals surface area contributed by atoms with Crippen LogP contribution in [0, 0.1) is 0 Å². The number of aliphatic hydroxyl groups is 1. The molecule has 2 atom stereocenters. The lowest BCUT2D eigenvalue weighted by Gasteiger charge is -2.38. The number of amides is 1. The summed E-state index contributed by atoms with van der Waals surface area (Å²) in [5, 5.41) is 9.02. The number of hydrogen-bond donors (Lipinski definition) is 1. The van der Waals surface area contributed by atoms with Gasteiger partial charge in [0.25, 0.3) is 5.91 Å². The van der Waals surface area contributed by atoms with Gasteiger partial charge in [-0.05, 0) is 26.1 Å². The van der Waals surface area contributed by atoms with Crippen molar-refractivity contribution in [3.05, 3.63) is 30.3 Å². The molecule has 2 rings (SSSR count). The molecular weight excluding hydrogens is 296 g/mol. The van der Waals surface area contributed by atoms with Crippen molar-refractivity contribution in [1.82, 2.24) is 9.80 Å². The molecule has 1 fully saturated rings. The second-order valence-electron chi connectivity index (χ2n) is 5.82. The van der Waals surface area contributed by atoms with E-state index in [9.17, 15) is 4.79 Å². The van der Waals surface area contributed by atoms with Crippen molar-refractivity contribution in [3.63, 3.8) is 0 Å². The fourth-order valence-corrected chi connectivity index (χ4v) is 2.71. The lowest BCUT2D eigenvalue weighted by Crippen LogP contribution is -2.56. The molecule has 0 saturated carbocycles. The van der Waals surface area contributed by atoms with E-state index in [0.29, 0.717) is 38.6 Å². The van der Waals surface area contributed by atoms with Gasteiger partial charge in [-0.3, -0.25) is 4.79 Å². The minimum atomic E-state index is -0.541. The predicted molar refractivity (Wildman–Crippen MR) is 87.4 cm³/mol. The highest BCUT2D eigenvalue weighted by Gasteiger charge is 2.31. The number of carbonyl (C=O) groups excluding carboxylic acids is 1. The summed E-state index contributed by atoms with van der Waals surface area (Å²) < 4.78 is 11.3. The summed E-state index contributed by atoms with van der Waals surface area (Å²) in [7, 11) is 1.93. The number of rotatable bonds is 7. The van der Waals surface area contributed by atoms with E-state index >= 15 is 0 Å². The van der Waals surface area contributed by atoms with Crippen LogP contribution in [-0.4, -0.2) is 79.5 Å². The van der Waals surface area contributed by atoms with Crippen molar-refractivity contribution in [1.29, 1.82) is 0 Å². The van der Waals surface area contributed by atoms with E-state index in [4.69, 9.17) is 14.6 Å². The molecule has 0 bridgehead atoms. The molecular formula is C17H26N2O4. The van der Waals surface area contributed by atoms with Crippen molar-refractivity contribution in [2.24, 2.45) is 0 Å². The first-order chi connectivity index (χ1) is 11.1. The maximum Gasteiger partial charge on any atom is 0.263 e. The standard InChI is InChI=1S/C17H26N2O4/c1-14(23-16-6-4-3-5-7-16)17(21)19-9-11-22-13-15(19)12-18(2)8-10-20/h3-7,14-15,20H,8-13H2,1-2H3/t14-,15+/m1/s1. The summed E-state index contributed by atoms with van der Waals surface area (Å²) in [6, 6.07) is 9.34. The van der Waals surface area contributed by atoms with Gasteiger partial charge in [-0.1, -0.05) is 18.2 Å². The molecule has 1 aromatic rings. The molecule has 0 radical (unpaired) electrons. The summed E-state index contributed by atoms with van der Waals surface area (Å²) in [6.07, 6.45) is -0.541. The van der Waals surface area contributed by atoms with Crippen LogP contribution in [0.15, 0.2) is 30.3 Å². The zero-order chi connectivity index (χ0) is 16.7. The van der Waals surface area contributed by atoms with Crippen LogP contribution in [0.1, 0.15) is 6.92 Å². The smallest absolute Gasteiger partial charge is 0.263 e. The van der Waals surface area contributed by atoms with Crippen LogP contribution < -0.4 is 4.74 Å². The van der Waals surface area contributed by atoms with Gasteiger partial charge in [-0.2, -0.15) is 0 Å². The molecule has 1 saturated heterocycles. The third-order valence-electron chi connectivity index (χ3n) is 3.92. The SMILES string of the molecule is C[C@@H](Oc1ccccc1)C(=O)N1CCOC[C@@H]1CN(C)CCO. The summed E-state index contributed by atoms with van der Waals surface area (Å²) in [4.78, 5) is 16.6. The molecule has 1 amide bonds. The van der Waals surface area contributed by atoms with E-state index < -0.39 is 6.10 Å². The molecule has 1 heterocycles. The number of morpholine rings is 1. The van der Waals surface area contributed by atoms with E-state index in [-0.39, 0.29) is 18.6 Å². The Morgan fingerprint density at radius 3 is 2.91 bits per heavy atom. The van der Waals surface area contributed by atoms with Gasteiger partial charge in [0, 0.05) is 19.6 Å². The number of likely N-dealkylation sites (N-methyl/N-ethyl adjacent to an activating group) is 1. The molecule has 1 aliphatic rings. The zero-order valence-electron chi connectivity index (χ0n) is 13.9. The summed E-state index contributed by atoms with van der Waals surface area (Å²) in [6.45, 7) is 4.76. The van der Waals surface area contributed by atoms with Crippen LogP contribution in [0.2, 0.25) is 0 Å². The highest BCUT2D eigenvalue weighted by atomic mass is 16.5. The Balaban J connectivity index is 1.96. The van der Waals surface area contributed by atoms with Crippen LogP contribution in [-0.2, 0) is 9.53 Å². The number of nitrogens with zero attached hydrogens (tertiary/aromatic N) is 2. The normalized spacial score (nSPS) is 19.7. The first-order valence-corrected chi connectivity index (χ1v) is 8.01. The van der Waals surface area contributed by atoms with E-state index in [1.165, 1.54) is 0 Å². The number of para-hydroxylation sites is 1. The van der Waals surface area contributed by atoms with Gasteiger partial charge in [0.05, 0.1) is 25.9 Å². The highest BCUT2D eigenvalue weighted by Crippen LogP contribution is 2.15. The first kappa shape index (κ1) is 17.7.